The van der Waals surface area contributed by atoms with Crippen molar-refractivity contribution in [2.24, 2.45) is 5.92 Å². The molecule has 0 spiro atoms. The number of hydrogen-bond acceptors (Lipinski definition) is 2. The summed E-state index contributed by atoms with van der Waals surface area (Å²) in [5, 5.41) is 9.42. The molecule has 0 rings (SSSR count). The van der Waals surface area contributed by atoms with E-state index in [4.69, 9.17) is 0 Å². The molecule has 0 aromatic rings. The van der Waals surface area contributed by atoms with Gasteiger partial charge in [-0.25, -0.2) is 0 Å². The van der Waals surface area contributed by atoms with Crippen LogP contribution in [0.15, 0.2) is 0 Å². The second-order valence-corrected chi connectivity index (χ2v) is 11.9. The highest BCUT2D eigenvalue weighted by Gasteiger charge is 2.09. The second kappa shape index (κ2) is 31.1. The lowest BCUT2D eigenvalue weighted by molar-refractivity contribution is 0.190. The summed E-state index contributed by atoms with van der Waals surface area (Å²) in [6, 6.07) is 0. The molecule has 0 heterocycles. The lowest BCUT2D eigenvalue weighted by atomic mass is 9.89. The first-order valence-corrected chi connectivity index (χ1v) is 17.1. The van der Waals surface area contributed by atoms with Crippen LogP contribution >= 0.6 is 0 Å². The van der Waals surface area contributed by atoms with Crippen LogP contribution in [0.2, 0.25) is 0 Å². The molecule has 0 saturated heterocycles. The molecule has 0 unspecified atom stereocenters. The largest absolute Gasteiger partial charge is 0.395 e. The van der Waals surface area contributed by atoms with Crippen LogP contribution in [0.4, 0.5) is 0 Å². The fourth-order valence-electron chi connectivity index (χ4n) is 5.75. The van der Waals surface area contributed by atoms with Gasteiger partial charge in [-0.2, -0.15) is 0 Å². The summed E-state index contributed by atoms with van der Waals surface area (Å²) in [6.45, 7) is 10.5. The van der Waals surface area contributed by atoms with E-state index in [2.05, 4.69) is 25.7 Å². The van der Waals surface area contributed by atoms with Gasteiger partial charge < -0.3 is 10.0 Å². The topological polar surface area (TPSA) is 23.5 Å². The van der Waals surface area contributed by atoms with E-state index in [1.807, 2.05) is 0 Å². The standard InChI is InChI=1S/C34H71NO/c1-4-7-10-13-17-22-27-34(28-23-18-14-11-8-5-2)29-24-19-16-21-26-31-35(32-33-36)30-25-20-15-12-9-6-3/h34,36H,4-33H2,1-3H3. The molecule has 0 atom stereocenters. The summed E-state index contributed by atoms with van der Waals surface area (Å²) in [5.74, 6) is 1.000. The fourth-order valence-corrected chi connectivity index (χ4v) is 5.75. The van der Waals surface area contributed by atoms with Crippen LogP contribution in [0, 0.1) is 5.92 Å². The maximum Gasteiger partial charge on any atom is 0.0558 e. The Morgan fingerprint density at radius 2 is 0.694 bits per heavy atom. The summed E-state index contributed by atoms with van der Waals surface area (Å²) in [5.41, 5.74) is 0. The molecule has 218 valence electrons. The molecule has 0 saturated carbocycles. The highest BCUT2D eigenvalue weighted by atomic mass is 16.3. The normalized spacial score (nSPS) is 11.8. The van der Waals surface area contributed by atoms with Gasteiger partial charge in [-0.05, 0) is 31.8 Å². The highest BCUT2D eigenvalue weighted by molar-refractivity contribution is 4.63. The van der Waals surface area contributed by atoms with E-state index in [0.29, 0.717) is 6.61 Å². The van der Waals surface area contributed by atoms with E-state index in [-0.39, 0.29) is 0 Å². The Balaban J connectivity index is 3.96. The van der Waals surface area contributed by atoms with Crippen molar-refractivity contribution < 1.29 is 5.11 Å². The van der Waals surface area contributed by atoms with Crippen molar-refractivity contribution in [1.29, 1.82) is 0 Å². The monoisotopic (exact) mass is 510 g/mol. The van der Waals surface area contributed by atoms with E-state index in [1.54, 1.807) is 0 Å². The molecule has 0 bridgehead atoms. The minimum atomic E-state index is 0.314. The third-order valence-electron chi connectivity index (χ3n) is 8.26. The maximum absolute atomic E-state index is 9.42. The first kappa shape index (κ1) is 35.9. The number of unbranched alkanes of at least 4 members (excludes halogenated alkanes) is 19. The highest BCUT2D eigenvalue weighted by Crippen LogP contribution is 2.24. The molecule has 0 fully saturated rings. The van der Waals surface area contributed by atoms with Crippen LogP contribution in [0.25, 0.3) is 0 Å². The quantitative estimate of drug-likeness (QED) is 0.0939. The molecule has 36 heavy (non-hydrogen) atoms. The summed E-state index contributed by atoms with van der Waals surface area (Å²) >= 11 is 0. The number of nitrogens with zero attached hydrogens (tertiary/aromatic N) is 1. The number of aliphatic hydroxyl groups excluding tert-OH is 1. The minimum Gasteiger partial charge on any atom is -0.395 e. The first-order valence-electron chi connectivity index (χ1n) is 17.1. The van der Waals surface area contributed by atoms with Gasteiger partial charge in [0.15, 0.2) is 0 Å². The van der Waals surface area contributed by atoms with Crippen LogP contribution in [0.1, 0.15) is 188 Å². The summed E-state index contributed by atoms with van der Waals surface area (Å²) in [7, 11) is 0. The van der Waals surface area contributed by atoms with Crippen LogP contribution in [0.3, 0.4) is 0 Å². The Bertz CT molecular complexity index is 369. The van der Waals surface area contributed by atoms with Crippen LogP contribution in [-0.2, 0) is 0 Å². The van der Waals surface area contributed by atoms with E-state index in [9.17, 15) is 5.11 Å². The lowest BCUT2D eigenvalue weighted by Crippen LogP contribution is -2.29. The van der Waals surface area contributed by atoms with Crippen LogP contribution in [-0.4, -0.2) is 36.2 Å². The summed E-state index contributed by atoms with van der Waals surface area (Å²) in [6.07, 6.45) is 36.9. The molecule has 0 radical (unpaired) electrons. The Labute approximate surface area is 229 Å². The van der Waals surface area contributed by atoms with Gasteiger partial charge in [0, 0.05) is 6.54 Å². The van der Waals surface area contributed by atoms with E-state index >= 15 is 0 Å². The summed E-state index contributed by atoms with van der Waals surface area (Å²) < 4.78 is 0. The molecule has 0 amide bonds. The fraction of sp³-hybridized carbons (Fsp3) is 1.00. The lowest BCUT2D eigenvalue weighted by Gasteiger charge is -2.21. The van der Waals surface area contributed by atoms with Crippen molar-refractivity contribution in [3.63, 3.8) is 0 Å². The average Bonchev–Trinajstić information content (AvgIpc) is 2.88. The molecule has 0 aliphatic heterocycles. The Hall–Kier alpha value is -0.0800. The number of rotatable bonds is 31. The summed E-state index contributed by atoms with van der Waals surface area (Å²) in [4.78, 5) is 2.51. The predicted molar refractivity (Wildman–Crippen MR) is 164 cm³/mol. The maximum atomic E-state index is 9.42. The van der Waals surface area contributed by atoms with Crippen molar-refractivity contribution >= 4 is 0 Å². The van der Waals surface area contributed by atoms with E-state index in [1.165, 1.54) is 180 Å². The molecule has 2 heteroatoms. The molecule has 2 nitrogen and oxygen atoms in total. The van der Waals surface area contributed by atoms with E-state index in [0.717, 1.165) is 12.5 Å². The van der Waals surface area contributed by atoms with Crippen molar-refractivity contribution in [2.45, 2.75) is 188 Å². The van der Waals surface area contributed by atoms with Gasteiger partial charge in [0.05, 0.1) is 6.61 Å². The predicted octanol–water partition coefficient (Wildman–Crippen LogP) is 11.1. The van der Waals surface area contributed by atoms with Crippen LogP contribution in [0.5, 0.6) is 0 Å². The van der Waals surface area contributed by atoms with Gasteiger partial charge in [-0.1, -0.05) is 175 Å². The Kier molecular flexibility index (Phi) is 31.1. The number of aliphatic hydroxyl groups is 1. The molecule has 1 N–H and O–H groups in total. The average molecular weight is 510 g/mol. The molecular formula is C34H71NO. The Morgan fingerprint density at radius 3 is 1.03 bits per heavy atom. The van der Waals surface area contributed by atoms with Gasteiger partial charge in [0.1, 0.15) is 0 Å². The van der Waals surface area contributed by atoms with Crippen LogP contribution < -0.4 is 0 Å². The van der Waals surface area contributed by atoms with Gasteiger partial charge >= 0.3 is 0 Å². The molecule has 0 aromatic carbocycles. The molecule has 0 aliphatic carbocycles. The van der Waals surface area contributed by atoms with Gasteiger partial charge in [-0.15, -0.1) is 0 Å². The zero-order valence-electron chi connectivity index (χ0n) is 25.7. The van der Waals surface area contributed by atoms with Crippen molar-refractivity contribution in [3.05, 3.63) is 0 Å². The minimum absolute atomic E-state index is 0.314. The molecule has 0 aliphatic rings. The third-order valence-corrected chi connectivity index (χ3v) is 8.26. The first-order chi connectivity index (χ1) is 17.8. The van der Waals surface area contributed by atoms with E-state index < -0.39 is 0 Å². The van der Waals surface area contributed by atoms with Crippen molar-refractivity contribution in [3.8, 4) is 0 Å². The number of hydrogen-bond donors (Lipinski definition) is 1. The van der Waals surface area contributed by atoms with Crippen molar-refractivity contribution in [1.82, 2.24) is 4.90 Å². The second-order valence-electron chi connectivity index (χ2n) is 11.9. The zero-order chi connectivity index (χ0) is 26.4. The Morgan fingerprint density at radius 1 is 0.389 bits per heavy atom. The molecule has 0 aromatic heterocycles. The third kappa shape index (κ3) is 27.0. The SMILES string of the molecule is CCCCCCCCC(CCCCCCCC)CCCCCCCN(CCO)CCCCCCCC. The van der Waals surface area contributed by atoms with Gasteiger partial charge in [0.25, 0.3) is 0 Å². The van der Waals surface area contributed by atoms with Gasteiger partial charge in [-0.3, -0.25) is 0 Å². The van der Waals surface area contributed by atoms with Crippen molar-refractivity contribution in [2.75, 3.05) is 26.2 Å². The van der Waals surface area contributed by atoms with Gasteiger partial charge in [0.2, 0.25) is 0 Å². The molecular weight excluding hydrogens is 438 g/mol. The smallest absolute Gasteiger partial charge is 0.0558 e. The zero-order valence-corrected chi connectivity index (χ0v) is 25.7.